The van der Waals surface area contributed by atoms with Gasteiger partial charge in [0.1, 0.15) is 13.2 Å². The first-order valence-corrected chi connectivity index (χ1v) is 3.73. The lowest BCUT2D eigenvalue weighted by molar-refractivity contribution is 0.298. The lowest BCUT2D eigenvalue weighted by Gasteiger charge is -2.06. The predicted octanol–water partition coefficient (Wildman–Crippen LogP) is 0.472. The quantitative estimate of drug-likeness (QED) is 0.476. The fraction of sp³-hybridized carbons (Fsp3) is 0.333. The molecule has 0 aliphatic carbocycles. The van der Waals surface area contributed by atoms with Crippen molar-refractivity contribution in [2.45, 2.75) is 0 Å². The van der Waals surface area contributed by atoms with Gasteiger partial charge in [0.25, 0.3) is 8.53 Å². The molecule has 0 radical (unpaired) electrons. The van der Waals surface area contributed by atoms with Crippen molar-refractivity contribution in [2.75, 3.05) is 13.2 Å². The monoisotopic (exact) mass is 157 g/mol. The first-order chi connectivity index (χ1) is 4.81. The number of nitrogens with two attached hydrogens (primary N) is 1. The Kier molecular flexibility index (Phi) is 6.18. The van der Waals surface area contributed by atoms with E-state index in [9.17, 15) is 0 Å². The van der Waals surface area contributed by atoms with Gasteiger partial charge in [-0.3, -0.25) is 5.50 Å². The highest BCUT2D eigenvalue weighted by atomic mass is 31.2. The van der Waals surface area contributed by atoms with E-state index in [0.717, 1.165) is 0 Å². The molecular weight excluding hydrogens is 149 g/mol. The van der Waals surface area contributed by atoms with E-state index in [1.165, 1.54) is 0 Å². The van der Waals surface area contributed by atoms with Crippen LogP contribution in [0.1, 0.15) is 0 Å². The van der Waals surface area contributed by atoms with Gasteiger partial charge in [-0.05, 0) is 0 Å². The smallest absolute Gasteiger partial charge is 0.254 e. The molecule has 2 N–H and O–H groups in total. The lowest BCUT2D eigenvalue weighted by atomic mass is 10.8. The van der Waals surface area contributed by atoms with Crippen molar-refractivity contribution < 1.29 is 9.05 Å². The molecule has 0 rings (SSSR count). The van der Waals surface area contributed by atoms with Crippen molar-refractivity contribution >= 4 is 8.53 Å². The molecule has 0 amide bonds. The molecule has 0 fully saturated rings. The zero-order chi connectivity index (χ0) is 7.82. The van der Waals surface area contributed by atoms with Crippen LogP contribution in [0, 0.1) is 24.7 Å². The summed E-state index contributed by atoms with van der Waals surface area (Å²) in [7, 11) is -1.38. The van der Waals surface area contributed by atoms with Crippen LogP contribution < -0.4 is 5.50 Å². The Hall–Kier alpha value is -0.570. The summed E-state index contributed by atoms with van der Waals surface area (Å²) in [5.74, 6) is 4.51. The van der Waals surface area contributed by atoms with Gasteiger partial charge in [0.15, 0.2) is 0 Å². The Labute approximate surface area is 61.9 Å². The minimum Gasteiger partial charge on any atom is -0.309 e. The van der Waals surface area contributed by atoms with Crippen LogP contribution >= 0.6 is 8.53 Å². The largest absolute Gasteiger partial charge is 0.309 e. The third kappa shape index (κ3) is 5.56. The average molecular weight is 157 g/mol. The Bertz CT molecular complexity index is 140. The maximum absolute atomic E-state index is 5.28. The summed E-state index contributed by atoms with van der Waals surface area (Å²) in [5, 5.41) is 0. The summed E-state index contributed by atoms with van der Waals surface area (Å²) >= 11 is 0. The molecule has 3 nitrogen and oxygen atoms in total. The Morgan fingerprint density at radius 2 is 1.60 bits per heavy atom. The first-order valence-electron chi connectivity index (χ1n) is 2.49. The fourth-order valence-electron chi connectivity index (χ4n) is 0.239. The van der Waals surface area contributed by atoms with Crippen molar-refractivity contribution in [3.8, 4) is 24.7 Å². The van der Waals surface area contributed by atoms with Gasteiger partial charge >= 0.3 is 0 Å². The summed E-state index contributed by atoms with van der Waals surface area (Å²) < 4.78 is 9.56. The summed E-state index contributed by atoms with van der Waals surface area (Å²) in [4.78, 5) is 0. The molecule has 0 aliphatic heterocycles. The third-order valence-electron chi connectivity index (χ3n) is 0.550. The Balaban J connectivity index is 3.20. The Morgan fingerprint density at radius 1 is 1.20 bits per heavy atom. The molecule has 0 spiro atoms. The van der Waals surface area contributed by atoms with Crippen molar-refractivity contribution in [1.29, 1.82) is 0 Å². The SMILES string of the molecule is C#CCOP(N)OCC#C. The van der Waals surface area contributed by atoms with Crippen molar-refractivity contribution in [1.82, 2.24) is 0 Å². The highest BCUT2D eigenvalue weighted by molar-refractivity contribution is 7.44. The number of hydrogen-bond acceptors (Lipinski definition) is 3. The molecule has 0 heterocycles. The molecule has 0 unspecified atom stereocenters. The second-order valence-electron chi connectivity index (χ2n) is 1.24. The van der Waals surface area contributed by atoms with E-state index in [1.807, 2.05) is 0 Å². The molecular formula is C6H8NO2P. The second kappa shape index (κ2) is 6.55. The van der Waals surface area contributed by atoms with E-state index in [-0.39, 0.29) is 13.2 Å². The maximum Gasteiger partial charge on any atom is 0.254 e. The van der Waals surface area contributed by atoms with Gasteiger partial charge in [0.05, 0.1) is 0 Å². The molecule has 0 atom stereocenters. The number of rotatable bonds is 4. The summed E-state index contributed by atoms with van der Waals surface area (Å²) in [5.41, 5.74) is 5.28. The molecule has 0 saturated carbocycles. The molecule has 0 saturated heterocycles. The number of hydrogen-bond donors (Lipinski definition) is 1. The lowest BCUT2D eigenvalue weighted by Crippen LogP contribution is -1.98. The average Bonchev–Trinajstić information content (AvgIpc) is 1.97. The first kappa shape index (κ1) is 9.43. The molecule has 0 aromatic rings. The van der Waals surface area contributed by atoms with Gasteiger partial charge in [-0.15, -0.1) is 12.8 Å². The summed E-state index contributed by atoms with van der Waals surface area (Å²) in [6, 6.07) is 0. The third-order valence-corrected chi connectivity index (χ3v) is 1.32. The van der Waals surface area contributed by atoms with E-state index < -0.39 is 8.53 Å². The van der Waals surface area contributed by atoms with E-state index in [1.54, 1.807) is 0 Å². The zero-order valence-electron chi connectivity index (χ0n) is 5.41. The highest BCUT2D eigenvalue weighted by Crippen LogP contribution is 2.26. The molecule has 0 aromatic carbocycles. The van der Waals surface area contributed by atoms with Gasteiger partial charge in [-0.2, -0.15) is 0 Å². The summed E-state index contributed by atoms with van der Waals surface area (Å²) in [6.07, 6.45) is 9.78. The van der Waals surface area contributed by atoms with Gasteiger partial charge in [-0.25, -0.2) is 0 Å². The van der Waals surface area contributed by atoms with Gasteiger partial charge in [0.2, 0.25) is 0 Å². The standard InChI is InChI=1S/C6H8NO2P/c1-3-5-8-10(7)9-6-4-2/h1-2H,5-7H2. The van der Waals surface area contributed by atoms with E-state index in [4.69, 9.17) is 27.4 Å². The van der Waals surface area contributed by atoms with E-state index in [0.29, 0.717) is 0 Å². The van der Waals surface area contributed by atoms with Crippen LogP contribution in [0.4, 0.5) is 0 Å². The molecule has 4 heteroatoms. The van der Waals surface area contributed by atoms with Crippen LogP contribution in [-0.4, -0.2) is 13.2 Å². The molecule has 0 bridgehead atoms. The predicted molar refractivity (Wildman–Crippen MR) is 40.7 cm³/mol. The van der Waals surface area contributed by atoms with Crippen molar-refractivity contribution in [3.63, 3.8) is 0 Å². The van der Waals surface area contributed by atoms with Crippen LogP contribution in [0.5, 0.6) is 0 Å². The van der Waals surface area contributed by atoms with Crippen LogP contribution in [0.15, 0.2) is 0 Å². The second-order valence-corrected chi connectivity index (χ2v) is 2.33. The van der Waals surface area contributed by atoms with E-state index in [2.05, 4.69) is 11.8 Å². The molecule has 10 heavy (non-hydrogen) atoms. The minimum absolute atomic E-state index is 0.159. The highest BCUT2D eigenvalue weighted by Gasteiger charge is 1.99. The van der Waals surface area contributed by atoms with Gasteiger partial charge in [0, 0.05) is 0 Å². The summed E-state index contributed by atoms with van der Waals surface area (Å²) in [6.45, 7) is 0.319. The topological polar surface area (TPSA) is 44.5 Å². The van der Waals surface area contributed by atoms with Gasteiger partial charge in [-0.1, -0.05) is 11.8 Å². The van der Waals surface area contributed by atoms with Crippen LogP contribution in [0.25, 0.3) is 0 Å². The van der Waals surface area contributed by atoms with Crippen molar-refractivity contribution in [2.24, 2.45) is 5.50 Å². The van der Waals surface area contributed by atoms with Crippen LogP contribution in [-0.2, 0) is 9.05 Å². The fourth-order valence-corrected chi connectivity index (χ4v) is 0.717. The minimum atomic E-state index is -1.38. The van der Waals surface area contributed by atoms with Gasteiger partial charge < -0.3 is 9.05 Å². The normalized spacial score (nSPS) is 8.80. The zero-order valence-corrected chi connectivity index (χ0v) is 6.30. The molecule has 54 valence electrons. The van der Waals surface area contributed by atoms with Crippen LogP contribution in [0.3, 0.4) is 0 Å². The Morgan fingerprint density at radius 3 is 1.90 bits per heavy atom. The van der Waals surface area contributed by atoms with E-state index >= 15 is 0 Å². The van der Waals surface area contributed by atoms with Crippen molar-refractivity contribution in [3.05, 3.63) is 0 Å². The maximum atomic E-state index is 5.28. The molecule has 0 aliphatic rings. The molecule has 0 aromatic heterocycles. The number of terminal acetylenes is 2. The van der Waals surface area contributed by atoms with Crippen LogP contribution in [0.2, 0.25) is 0 Å².